The molecule has 1 aliphatic rings. The van der Waals surface area contributed by atoms with Crippen LogP contribution < -0.4 is 0 Å². The first-order chi connectivity index (χ1) is 3.93. The molecule has 1 heterocycles. The SMILES string of the molecule is C=CSN1CCCC1. The lowest BCUT2D eigenvalue weighted by Gasteiger charge is -2.07. The summed E-state index contributed by atoms with van der Waals surface area (Å²) < 4.78 is 2.34. The average molecular weight is 129 g/mol. The maximum atomic E-state index is 3.65. The van der Waals surface area contributed by atoms with Crippen molar-refractivity contribution in [1.82, 2.24) is 4.31 Å². The van der Waals surface area contributed by atoms with E-state index in [0.29, 0.717) is 0 Å². The Balaban J connectivity index is 2.14. The molecule has 0 spiro atoms. The molecule has 0 saturated carbocycles. The first-order valence-corrected chi connectivity index (χ1v) is 3.80. The average Bonchev–Trinajstić information content (AvgIpc) is 2.19. The van der Waals surface area contributed by atoms with Gasteiger partial charge in [-0.3, -0.25) is 0 Å². The van der Waals surface area contributed by atoms with Gasteiger partial charge >= 0.3 is 0 Å². The maximum absolute atomic E-state index is 3.65. The zero-order valence-electron chi connectivity index (χ0n) is 4.97. The van der Waals surface area contributed by atoms with Gasteiger partial charge in [0.15, 0.2) is 0 Å². The molecule has 0 aromatic carbocycles. The minimum Gasteiger partial charge on any atom is -0.247 e. The van der Waals surface area contributed by atoms with Crippen LogP contribution in [0.1, 0.15) is 12.8 Å². The van der Waals surface area contributed by atoms with E-state index < -0.39 is 0 Å². The van der Waals surface area contributed by atoms with E-state index in [-0.39, 0.29) is 0 Å². The Kier molecular flexibility index (Phi) is 2.43. The normalized spacial score (nSPS) is 21.5. The maximum Gasteiger partial charge on any atom is 0.00929 e. The summed E-state index contributed by atoms with van der Waals surface area (Å²) in [6, 6.07) is 0. The molecule has 0 aromatic rings. The van der Waals surface area contributed by atoms with E-state index in [1.54, 1.807) is 11.9 Å². The Morgan fingerprint density at radius 3 is 2.50 bits per heavy atom. The minimum atomic E-state index is 1.25. The smallest absolute Gasteiger partial charge is 0.00929 e. The van der Waals surface area contributed by atoms with Crippen LogP contribution >= 0.6 is 11.9 Å². The summed E-state index contributed by atoms with van der Waals surface area (Å²) in [7, 11) is 0. The number of hydrogen-bond donors (Lipinski definition) is 0. The van der Waals surface area contributed by atoms with Crippen molar-refractivity contribution in [2.24, 2.45) is 0 Å². The zero-order valence-corrected chi connectivity index (χ0v) is 5.78. The van der Waals surface area contributed by atoms with Crippen molar-refractivity contribution in [3.63, 3.8) is 0 Å². The molecule has 0 bridgehead atoms. The Morgan fingerprint density at radius 2 is 2.00 bits per heavy atom. The highest BCUT2D eigenvalue weighted by Gasteiger charge is 2.08. The van der Waals surface area contributed by atoms with Gasteiger partial charge in [0.1, 0.15) is 0 Å². The van der Waals surface area contributed by atoms with Gasteiger partial charge in [0.05, 0.1) is 0 Å². The van der Waals surface area contributed by atoms with E-state index in [4.69, 9.17) is 0 Å². The number of rotatable bonds is 2. The standard InChI is InChI=1S/C6H11NS/c1-2-8-7-5-3-4-6-7/h2H,1,3-6H2. The van der Waals surface area contributed by atoms with Crippen LogP contribution in [-0.4, -0.2) is 17.4 Å². The topological polar surface area (TPSA) is 3.24 Å². The van der Waals surface area contributed by atoms with Crippen LogP contribution in [0, 0.1) is 0 Å². The van der Waals surface area contributed by atoms with Gasteiger partial charge in [0.2, 0.25) is 0 Å². The molecule has 2 heteroatoms. The summed E-state index contributed by atoms with van der Waals surface area (Å²) in [6.45, 7) is 6.14. The predicted molar refractivity (Wildman–Crippen MR) is 38.6 cm³/mol. The van der Waals surface area contributed by atoms with Crippen molar-refractivity contribution in [2.45, 2.75) is 12.8 Å². The first kappa shape index (κ1) is 6.17. The van der Waals surface area contributed by atoms with E-state index in [0.717, 1.165) is 0 Å². The molecule has 46 valence electrons. The fourth-order valence-corrected chi connectivity index (χ4v) is 1.58. The van der Waals surface area contributed by atoms with Crippen LogP contribution in [0.4, 0.5) is 0 Å². The summed E-state index contributed by atoms with van der Waals surface area (Å²) >= 11 is 1.74. The van der Waals surface area contributed by atoms with Crippen LogP contribution in [0.15, 0.2) is 12.0 Å². The summed E-state index contributed by atoms with van der Waals surface area (Å²) in [4.78, 5) is 0. The highest BCUT2D eigenvalue weighted by Crippen LogP contribution is 2.17. The molecule has 1 nitrogen and oxygen atoms in total. The van der Waals surface area contributed by atoms with Gasteiger partial charge in [-0.15, -0.1) is 0 Å². The van der Waals surface area contributed by atoms with Gasteiger partial charge < -0.3 is 0 Å². The molecular weight excluding hydrogens is 118 g/mol. The Labute approximate surface area is 54.9 Å². The van der Waals surface area contributed by atoms with Crippen LogP contribution in [0.5, 0.6) is 0 Å². The van der Waals surface area contributed by atoms with Crippen LogP contribution in [-0.2, 0) is 0 Å². The van der Waals surface area contributed by atoms with Crippen molar-refractivity contribution >= 4 is 11.9 Å². The fraction of sp³-hybridized carbons (Fsp3) is 0.667. The van der Waals surface area contributed by atoms with Crippen LogP contribution in [0.3, 0.4) is 0 Å². The predicted octanol–water partition coefficient (Wildman–Crippen LogP) is 1.87. The summed E-state index contributed by atoms with van der Waals surface area (Å²) in [5.74, 6) is 0. The molecule has 0 radical (unpaired) electrons. The lowest BCUT2D eigenvalue weighted by atomic mass is 10.4. The third-order valence-electron chi connectivity index (χ3n) is 1.29. The molecule has 0 amide bonds. The largest absolute Gasteiger partial charge is 0.247 e. The second-order valence-electron chi connectivity index (χ2n) is 1.91. The quantitative estimate of drug-likeness (QED) is 0.524. The summed E-state index contributed by atoms with van der Waals surface area (Å²) in [5, 5.41) is 1.89. The van der Waals surface area contributed by atoms with E-state index >= 15 is 0 Å². The minimum absolute atomic E-state index is 1.25. The molecule has 0 aliphatic carbocycles. The molecule has 1 aliphatic heterocycles. The summed E-state index contributed by atoms with van der Waals surface area (Å²) in [5.41, 5.74) is 0. The van der Waals surface area contributed by atoms with Gasteiger partial charge in [0, 0.05) is 13.1 Å². The van der Waals surface area contributed by atoms with E-state index in [1.807, 2.05) is 5.41 Å². The molecule has 1 fully saturated rings. The zero-order chi connectivity index (χ0) is 5.82. The van der Waals surface area contributed by atoms with Crippen molar-refractivity contribution in [3.8, 4) is 0 Å². The van der Waals surface area contributed by atoms with Crippen molar-refractivity contribution in [2.75, 3.05) is 13.1 Å². The molecule has 0 aromatic heterocycles. The lowest BCUT2D eigenvalue weighted by Crippen LogP contribution is -2.06. The van der Waals surface area contributed by atoms with Crippen molar-refractivity contribution < 1.29 is 0 Å². The van der Waals surface area contributed by atoms with Gasteiger partial charge in [-0.1, -0.05) is 18.5 Å². The first-order valence-electron chi connectivity index (χ1n) is 2.96. The van der Waals surface area contributed by atoms with Crippen molar-refractivity contribution in [1.29, 1.82) is 0 Å². The van der Waals surface area contributed by atoms with Crippen LogP contribution in [0.2, 0.25) is 0 Å². The molecule has 0 unspecified atom stereocenters. The van der Waals surface area contributed by atoms with E-state index in [9.17, 15) is 0 Å². The lowest BCUT2D eigenvalue weighted by molar-refractivity contribution is 0.590. The summed E-state index contributed by atoms with van der Waals surface area (Å²) in [6.07, 6.45) is 2.72. The second kappa shape index (κ2) is 3.15. The third-order valence-corrected chi connectivity index (χ3v) is 2.10. The van der Waals surface area contributed by atoms with Gasteiger partial charge in [0.25, 0.3) is 0 Å². The molecule has 8 heavy (non-hydrogen) atoms. The highest BCUT2D eigenvalue weighted by molar-refractivity contribution is 7.99. The van der Waals surface area contributed by atoms with Crippen molar-refractivity contribution in [3.05, 3.63) is 12.0 Å². The van der Waals surface area contributed by atoms with Gasteiger partial charge in [-0.25, -0.2) is 4.31 Å². The fourth-order valence-electron chi connectivity index (χ4n) is 0.899. The molecule has 1 saturated heterocycles. The van der Waals surface area contributed by atoms with E-state index in [2.05, 4.69) is 10.9 Å². The number of hydrogen-bond acceptors (Lipinski definition) is 2. The Morgan fingerprint density at radius 1 is 1.38 bits per heavy atom. The second-order valence-corrected chi connectivity index (χ2v) is 2.97. The Hall–Kier alpha value is 0.0500. The molecular formula is C6H11NS. The van der Waals surface area contributed by atoms with Gasteiger partial charge in [-0.2, -0.15) is 0 Å². The monoisotopic (exact) mass is 129 g/mol. The molecule has 0 N–H and O–H groups in total. The van der Waals surface area contributed by atoms with Crippen LogP contribution in [0.25, 0.3) is 0 Å². The Bertz CT molecular complexity index is 76.6. The molecule has 0 atom stereocenters. The van der Waals surface area contributed by atoms with E-state index in [1.165, 1.54) is 25.9 Å². The highest BCUT2D eigenvalue weighted by atomic mass is 32.2. The van der Waals surface area contributed by atoms with Gasteiger partial charge in [-0.05, 0) is 18.2 Å². The molecule has 1 rings (SSSR count). The third kappa shape index (κ3) is 1.53. The number of nitrogens with zero attached hydrogens (tertiary/aromatic N) is 1.